The summed E-state index contributed by atoms with van der Waals surface area (Å²) in [5, 5.41) is 5.44. The highest BCUT2D eigenvalue weighted by Crippen LogP contribution is 2.56. The van der Waals surface area contributed by atoms with Gasteiger partial charge in [-0.3, -0.25) is 5.01 Å². The Morgan fingerprint density at radius 2 is 1.40 bits per heavy atom. The minimum Gasteiger partial charge on any atom is -0.291 e. The third-order valence-electron chi connectivity index (χ3n) is 11.0. The molecule has 240 valence electrons. The van der Waals surface area contributed by atoms with E-state index in [4.69, 9.17) is 0 Å². The fraction of sp³-hybridized carbons (Fsp3) is 0.386. The Labute approximate surface area is 282 Å². The lowest BCUT2D eigenvalue weighted by atomic mass is 9.73. The molecule has 0 fully saturated rings. The highest BCUT2D eigenvalue weighted by Gasteiger charge is 2.58. The number of anilines is 1. The summed E-state index contributed by atoms with van der Waals surface area (Å²) in [6.45, 7) is 23.4. The van der Waals surface area contributed by atoms with E-state index in [1.54, 1.807) is 0 Å². The molecule has 0 saturated heterocycles. The highest BCUT2D eigenvalue weighted by atomic mass is 15.7. The van der Waals surface area contributed by atoms with Crippen LogP contribution in [0.3, 0.4) is 0 Å². The van der Waals surface area contributed by atoms with E-state index >= 15 is 0 Å². The van der Waals surface area contributed by atoms with Gasteiger partial charge in [0.05, 0.1) is 11.7 Å². The second-order valence-electron chi connectivity index (χ2n) is 16.9. The predicted molar refractivity (Wildman–Crippen MR) is 198 cm³/mol. The van der Waals surface area contributed by atoms with Gasteiger partial charge in [-0.2, -0.15) is 9.58 Å². The molecule has 0 N–H and O–H groups in total. The number of hydrogen-bond acceptors (Lipinski definition) is 2. The number of para-hydroxylation sites is 1. The molecule has 6 aliphatic rings. The first-order valence-corrected chi connectivity index (χ1v) is 17.7. The molecular weight excluding hydrogens is 571 g/mol. The van der Waals surface area contributed by atoms with Crippen molar-refractivity contribution in [1.29, 1.82) is 0 Å². The molecule has 0 bridgehead atoms. The summed E-state index contributed by atoms with van der Waals surface area (Å²) in [4.78, 5) is 0. The van der Waals surface area contributed by atoms with Crippen LogP contribution in [0.25, 0.3) is 5.57 Å². The van der Waals surface area contributed by atoms with Crippen LogP contribution in [0.15, 0.2) is 125 Å². The molecule has 3 unspecified atom stereocenters. The zero-order chi connectivity index (χ0) is 33.2. The molecule has 3 heteroatoms. The highest BCUT2D eigenvalue weighted by molar-refractivity contribution is 6.02. The summed E-state index contributed by atoms with van der Waals surface area (Å²) in [6.07, 6.45) is 17.5. The number of allylic oxidation sites excluding steroid dienone is 6. The van der Waals surface area contributed by atoms with E-state index in [1.165, 1.54) is 67.3 Å². The van der Waals surface area contributed by atoms with Crippen molar-refractivity contribution < 1.29 is 4.58 Å². The van der Waals surface area contributed by atoms with E-state index in [-0.39, 0.29) is 29.0 Å². The van der Waals surface area contributed by atoms with Gasteiger partial charge >= 0.3 is 0 Å². The van der Waals surface area contributed by atoms with Crippen LogP contribution in [-0.2, 0) is 0 Å². The monoisotopic (exact) mass is 620 g/mol. The molecule has 2 aromatic carbocycles. The molecule has 0 aromatic heterocycles. The molecule has 8 rings (SSSR count). The summed E-state index contributed by atoms with van der Waals surface area (Å²) in [5.41, 5.74) is 16.6. The Morgan fingerprint density at radius 3 is 2.06 bits per heavy atom. The van der Waals surface area contributed by atoms with Crippen LogP contribution in [0, 0.1) is 16.7 Å². The number of benzene rings is 2. The topological polar surface area (TPSA) is 9.49 Å². The minimum absolute atomic E-state index is 0.00101. The number of hydrazine groups is 1. The van der Waals surface area contributed by atoms with Crippen LogP contribution in [0.5, 0.6) is 0 Å². The Bertz CT molecular complexity index is 1950. The zero-order valence-electron chi connectivity index (χ0n) is 29.9. The molecule has 0 saturated carbocycles. The van der Waals surface area contributed by atoms with Crippen LogP contribution in [0.2, 0.25) is 0 Å². The van der Waals surface area contributed by atoms with Gasteiger partial charge in [0.2, 0.25) is 17.1 Å². The average Bonchev–Trinajstić information content (AvgIpc) is 3.35. The van der Waals surface area contributed by atoms with Gasteiger partial charge in [-0.1, -0.05) is 124 Å². The van der Waals surface area contributed by atoms with Crippen molar-refractivity contribution in [2.75, 3.05) is 5.01 Å². The number of fused-ring (bicyclic) bond motifs is 6. The number of nitrogens with zero attached hydrogens (tertiary/aromatic N) is 3. The average molecular weight is 621 g/mol. The van der Waals surface area contributed by atoms with Gasteiger partial charge in [0.25, 0.3) is 0 Å². The number of rotatable bonds is 3. The maximum Gasteiger partial charge on any atom is 0.211 e. The molecule has 0 radical (unpaired) electrons. The molecular formula is C44H50N3+. The van der Waals surface area contributed by atoms with Crippen LogP contribution in [0.4, 0.5) is 11.4 Å². The van der Waals surface area contributed by atoms with E-state index in [0.717, 1.165) is 0 Å². The Balaban J connectivity index is 1.49. The quantitative estimate of drug-likeness (QED) is 0.316. The summed E-state index contributed by atoms with van der Waals surface area (Å²) in [6, 6.07) is 18.7. The van der Waals surface area contributed by atoms with Crippen LogP contribution >= 0.6 is 0 Å². The van der Waals surface area contributed by atoms with Gasteiger partial charge in [-0.15, -0.1) is 0 Å². The molecule has 3 aliphatic carbocycles. The smallest absolute Gasteiger partial charge is 0.211 e. The van der Waals surface area contributed by atoms with E-state index in [9.17, 15) is 0 Å². The molecule has 47 heavy (non-hydrogen) atoms. The predicted octanol–water partition coefficient (Wildman–Crippen LogP) is 10.5. The molecule has 2 aromatic rings. The molecule has 3 atom stereocenters. The second kappa shape index (κ2) is 10.3. The van der Waals surface area contributed by atoms with Crippen LogP contribution in [0.1, 0.15) is 86.3 Å². The summed E-state index contributed by atoms with van der Waals surface area (Å²) >= 11 is 0. The molecule has 3 aliphatic heterocycles. The first-order valence-electron chi connectivity index (χ1n) is 17.7. The van der Waals surface area contributed by atoms with Gasteiger partial charge in [-0.05, 0) is 73.8 Å². The van der Waals surface area contributed by atoms with Crippen molar-refractivity contribution >= 4 is 22.7 Å². The molecule has 0 amide bonds. The fourth-order valence-corrected chi connectivity index (χ4v) is 8.27. The van der Waals surface area contributed by atoms with Crippen molar-refractivity contribution in [3.63, 3.8) is 0 Å². The Hall–Kier alpha value is -3.95. The molecule has 3 nitrogen and oxygen atoms in total. The van der Waals surface area contributed by atoms with Crippen LogP contribution in [-0.4, -0.2) is 33.4 Å². The van der Waals surface area contributed by atoms with Gasteiger partial charge < -0.3 is 0 Å². The van der Waals surface area contributed by atoms with Crippen molar-refractivity contribution in [3.8, 4) is 0 Å². The minimum atomic E-state index is -0.00101. The lowest BCUT2D eigenvalue weighted by Gasteiger charge is -2.53. The summed E-state index contributed by atoms with van der Waals surface area (Å²) in [7, 11) is 0. The van der Waals surface area contributed by atoms with Crippen LogP contribution < -0.4 is 5.01 Å². The maximum atomic E-state index is 2.75. The van der Waals surface area contributed by atoms with Crippen molar-refractivity contribution in [1.82, 2.24) is 5.01 Å². The standard InChI is InChI=1S/C44H50N3/c1-26(2)28-16-18-37-33(20-28)34-21-29(27(3)4)22-35-36-23-31(44(8,9)10)25-40-42(36)47(46(37)41(34)35)38-19-17-30(43(5,6)7)24-39(38)45(40)32-14-12-11-13-15-32/h11-27,38,41-42H,1-10H3/q+1. The van der Waals surface area contributed by atoms with Crippen molar-refractivity contribution in [2.45, 2.75) is 93.3 Å². The SMILES string of the molecule is CC(C)C1=CC2=C3C=C(C(C)(C)C)C=C4C3N(C3C=CC(C(C)(C)C)=CC3=[N+]4c3ccccc3)N3c4ccc(C(C)C)cc4C(=C1)C23. The van der Waals surface area contributed by atoms with E-state index in [2.05, 4.69) is 175 Å². The molecule has 0 spiro atoms. The van der Waals surface area contributed by atoms with Gasteiger partial charge in [0.1, 0.15) is 12.1 Å². The second-order valence-corrected chi connectivity index (χ2v) is 16.9. The van der Waals surface area contributed by atoms with E-state index < -0.39 is 0 Å². The normalized spacial score (nSPS) is 24.8. The van der Waals surface area contributed by atoms with E-state index in [1.807, 2.05) is 0 Å². The van der Waals surface area contributed by atoms with Gasteiger partial charge in [0.15, 0.2) is 0 Å². The fourth-order valence-electron chi connectivity index (χ4n) is 8.27. The van der Waals surface area contributed by atoms with Crippen molar-refractivity contribution in [2.24, 2.45) is 16.7 Å². The third kappa shape index (κ3) is 4.53. The lowest BCUT2D eigenvalue weighted by Crippen LogP contribution is -2.67. The first kappa shape index (κ1) is 30.4. The summed E-state index contributed by atoms with van der Waals surface area (Å²) in [5.74, 6) is 0.922. The first-order chi connectivity index (χ1) is 22.2. The van der Waals surface area contributed by atoms with Gasteiger partial charge in [-0.25, -0.2) is 0 Å². The third-order valence-corrected chi connectivity index (χ3v) is 11.0. The maximum absolute atomic E-state index is 2.75. The number of hydrogen-bond donors (Lipinski definition) is 0. The zero-order valence-corrected chi connectivity index (χ0v) is 29.9. The largest absolute Gasteiger partial charge is 0.291 e. The Kier molecular flexibility index (Phi) is 6.64. The van der Waals surface area contributed by atoms with Crippen molar-refractivity contribution in [3.05, 3.63) is 136 Å². The summed E-state index contributed by atoms with van der Waals surface area (Å²) < 4.78 is 2.60. The Morgan fingerprint density at radius 1 is 0.702 bits per heavy atom. The molecule has 3 heterocycles. The van der Waals surface area contributed by atoms with E-state index in [0.29, 0.717) is 11.8 Å². The lowest BCUT2D eigenvalue weighted by molar-refractivity contribution is -0.402. The van der Waals surface area contributed by atoms with Gasteiger partial charge in [0, 0.05) is 29.8 Å².